The van der Waals surface area contributed by atoms with Gasteiger partial charge in [0.1, 0.15) is 17.6 Å². The third-order valence-electron chi connectivity index (χ3n) is 13.1. The second-order valence-corrected chi connectivity index (χ2v) is 20.8. The first-order valence-electron chi connectivity index (χ1n) is 22.4. The summed E-state index contributed by atoms with van der Waals surface area (Å²) in [6.07, 6.45) is 2.71. The highest BCUT2D eigenvalue weighted by Crippen LogP contribution is 2.32. The number of piperidine rings is 1. The van der Waals surface area contributed by atoms with E-state index in [1.165, 1.54) is 4.31 Å². The number of likely N-dealkylation sites (tertiary alicyclic amines) is 1. The van der Waals surface area contributed by atoms with Crippen LogP contribution < -0.4 is 26.2 Å². The number of piperazine rings is 1. The van der Waals surface area contributed by atoms with E-state index in [1.807, 2.05) is 41.3 Å². The number of imide groups is 2. The summed E-state index contributed by atoms with van der Waals surface area (Å²) < 4.78 is 31.2. The van der Waals surface area contributed by atoms with Crippen LogP contribution in [-0.4, -0.2) is 170 Å². The predicted molar refractivity (Wildman–Crippen MR) is 240 cm³/mol. The number of sulfonamides is 1. The van der Waals surface area contributed by atoms with E-state index in [0.29, 0.717) is 44.9 Å². The van der Waals surface area contributed by atoms with Crippen LogP contribution in [0.5, 0.6) is 0 Å². The minimum Gasteiger partial charge on any atom is -0.381 e. The van der Waals surface area contributed by atoms with Crippen LogP contribution in [0.1, 0.15) is 70.8 Å². The number of nitrogens with zero attached hydrogens (tertiary/aromatic N) is 5. The van der Waals surface area contributed by atoms with Gasteiger partial charge >= 0.3 is 0 Å². The highest BCUT2D eigenvalue weighted by molar-refractivity contribution is 8.00. The quantitative estimate of drug-likeness (QED) is 0.122. The van der Waals surface area contributed by atoms with Crippen molar-refractivity contribution in [3.8, 4) is 0 Å². The molecule has 0 saturated carbocycles. The van der Waals surface area contributed by atoms with Crippen LogP contribution >= 0.6 is 11.8 Å². The van der Waals surface area contributed by atoms with Crippen LogP contribution in [0.3, 0.4) is 0 Å². The Morgan fingerprint density at radius 2 is 1.66 bits per heavy atom. The van der Waals surface area contributed by atoms with E-state index in [-0.39, 0.29) is 79.3 Å². The van der Waals surface area contributed by atoms with Gasteiger partial charge in [-0.1, -0.05) is 30.3 Å². The molecule has 5 saturated heterocycles. The van der Waals surface area contributed by atoms with Crippen molar-refractivity contribution >= 4 is 68.8 Å². The Balaban J connectivity index is 0.728. The number of carbonyl (C=O) groups excluding carboxylic acids is 7. The first-order chi connectivity index (χ1) is 31.2. The second-order valence-electron chi connectivity index (χ2n) is 17.7. The number of thioether (sulfide) groups is 1. The molecule has 0 bridgehead atoms. The molecule has 19 nitrogen and oxygen atoms in total. The van der Waals surface area contributed by atoms with Gasteiger partial charge in [0.2, 0.25) is 39.6 Å². The number of benzene rings is 2. The van der Waals surface area contributed by atoms with Crippen molar-refractivity contribution in [2.75, 3.05) is 89.0 Å². The van der Waals surface area contributed by atoms with Gasteiger partial charge < -0.3 is 25.2 Å². The summed E-state index contributed by atoms with van der Waals surface area (Å²) in [5.74, 6) is -2.20. The van der Waals surface area contributed by atoms with Crippen molar-refractivity contribution in [3.05, 3.63) is 65.2 Å². The lowest BCUT2D eigenvalue weighted by molar-refractivity contribution is -0.138. The fourth-order valence-electron chi connectivity index (χ4n) is 9.35. The fraction of sp³-hybridized carbons (Fsp3) is 0.568. The zero-order valence-corrected chi connectivity index (χ0v) is 38.1. The van der Waals surface area contributed by atoms with E-state index >= 15 is 0 Å². The summed E-state index contributed by atoms with van der Waals surface area (Å²) in [6, 6.07) is 13.3. The molecule has 0 aliphatic carbocycles. The third kappa shape index (κ3) is 11.0. The summed E-state index contributed by atoms with van der Waals surface area (Å²) in [6.45, 7) is 6.09. The Labute approximate surface area is 382 Å². The summed E-state index contributed by atoms with van der Waals surface area (Å²) in [7, 11) is -3.43. The minimum absolute atomic E-state index is 0.0645. The number of hydrogen-bond donors (Lipinski definition) is 4. The molecular formula is C44H57N9O10S2. The summed E-state index contributed by atoms with van der Waals surface area (Å²) >= 11 is 1.57. The number of anilines is 1. The average molecular weight is 936 g/mol. The summed E-state index contributed by atoms with van der Waals surface area (Å²) in [4.78, 5) is 97.7. The van der Waals surface area contributed by atoms with Gasteiger partial charge in [0.15, 0.2) is 0 Å². The van der Waals surface area contributed by atoms with Crippen molar-refractivity contribution in [2.24, 2.45) is 11.8 Å². The Bertz CT molecular complexity index is 2270. The van der Waals surface area contributed by atoms with Gasteiger partial charge in [-0.3, -0.25) is 54.0 Å². The standard InChI is InChI=1S/C44H57N9O10S2/c1-65(61,62)52-15-13-30(26-52)39(56)45-34(40(57)48-44-46-35(27-64-44)29-6-3-2-4-7-29)14-21-63-20-5-8-38(55)51-24-28(25-51)23-49-16-18-50(19-17-49)31-9-10-32-33(22-31)43(60)53(42(32)59)36-11-12-37(54)47-41(36)58/h2-4,6-7,9-10,22,28,30,34-36,44,46H,5,8,11-21,23-27H2,1H3,(H,45,56)(H,48,57)(H,47,54,58)/t30?,34-,35?,36?,44?/m0/s1. The van der Waals surface area contributed by atoms with Gasteiger partial charge in [-0.05, 0) is 49.4 Å². The van der Waals surface area contributed by atoms with Crippen LogP contribution in [0.15, 0.2) is 48.5 Å². The molecule has 4 N–H and O–H groups in total. The molecule has 21 heteroatoms. The fourth-order valence-corrected chi connectivity index (χ4v) is 11.4. The maximum atomic E-state index is 13.6. The Kier molecular flexibility index (Phi) is 14.5. The number of carbonyl (C=O) groups is 7. The highest BCUT2D eigenvalue weighted by atomic mass is 32.2. The lowest BCUT2D eigenvalue weighted by Gasteiger charge is -2.44. The topological polar surface area (TPSA) is 227 Å². The first kappa shape index (κ1) is 46.6. The Morgan fingerprint density at radius 1 is 0.908 bits per heavy atom. The Morgan fingerprint density at radius 3 is 2.38 bits per heavy atom. The normalized spacial score (nSPS) is 24.8. The van der Waals surface area contributed by atoms with Gasteiger partial charge in [-0.2, -0.15) is 0 Å². The molecule has 350 valence electrons. The first-order valence-corrected chi connectivity index (χ1v) is 25.3. The van der Waals surface area contributed by atoms with Crippen LogP contribution in [0.4, 0.5) is 5.69 Å². The van der Waals surface area contributed by atoms with E-state index in [0.717, 1.165) is 60.9 Å². The number of fused-ring (bicyclic) bond motifs is 1. The number of rotatable bonds is 17. The molecule has 2 aromatic rings. The van der Waals surface area contributed by atoms with Crippen LogP contribution in [0.2, 0.25) is 0 Å². The molecule has 65 heavy (non-hydrogen) atoms. The van der Waals surface area contributed by atoms with E-state index < -0.39 is 51.7 Å². The molecule has 6 heterocycles. The van der Waals surface area contributed by atoms with E-state index in [9.17, 15) is 42.0 Å². The van der Waals surface area contributed by atoms with Crippen LogP contribution in [0.25, 0.3) is 0 Å². The van der Waals surface area contributed by atoms with Crippen molar-refractivity contribution in [3.63, 3.8) is 0 Å². The monoisotopic (exact) mass is 935 g/mol. The molecule has 8 rings (SSSR count). The molecule has 4 unspecified atom stereocenters. The number of ether oxygens (including phenoxy) is 1. The average Bonchev–Trinajstić information content (AvgIpc) is 4.02. The third-order valence-corrected chi connectivity index (χ3v) is 15.5. The van der Waals surface area contributed by atoms with Gasteiger partial charge in [0.05, 0.1) is 23.3 Å². The zero-order valence-electron chi connectivity index (χ0n) is 36.4. The van der Waals surface area contributed by atoms with Crippen LogP contribution in [-0.2, 0) is 38.7 Å². The molecule has 2 aromatic carbocycles. The van der Waals surface area contributed by atoms with Crippen LogP contribution in [0, 0.1) is 11.8 Å². The molecule has 5 atom stereocenters. The molecule has 6 aliphatic rings. The molecule has 6 aliphatic heterocycles. The Hall–Kier alpha value is -4.93. The number of nitrogens with one attached hydrogen (secondary N) is 4. The van der Waals surface area contributed by atoms with Gasteiger partial charge in [0.25, 0.3) is 11.8 Å². The van der Waals surface area contributed by atoms with Crippen molar-refractivity contribution < 1.29 is 46.7 Å². The SMILES string of the molecule is CS(=O)(=O)N1CCC(C(=O)N[C@@H](CCOCCCC(=O)N2CC(CN3CCN(c4ccc5c(c4)C(=O)N(C4CCC(=O)NC4=O)C5=O)CC3)C2)C(=O)NC2NC(c3ccccc3)CS2)C1. The molecule has 0 aromatic heterocycles. The smallest absolute Gasteiger partial charge is 0.262 e. The highest BCUT2D eigenvalue weighted by Gasteiger charge is 2.45. The molecule has 0 spiro atoms. The van der Waals surface area contributed by atoms with Crippen molar-refractivity contribution in [1.82, 2.24) is 40.3 Å². The second kappa shape index (κ2) is 20.3. The lowest BCUT2D eigenvalue weighted by atomic mass is 9.98. The zero-order chi connectivity index (χ0) is 45.8. The molecule has 7 amide bonds. The van der Waals surface area contributed by atoms with Gasteiger partial charge in [-0.25, -0.2) is 12.7 Å². The van der Waals surface area contributed by atoms with Gasteiger partial charge in [0, 0.05) is 108 Å². The largest absolute Gasteiger partial charge is 0.381 e. The predicted octanol–water partition coefficient (Wildman–Crippen LogP) is 0.0989. The molecule has 5 fully saturated rings. The van der Waals surface area contributed by atoms with E-state index in [2.05, 4.69) is 31.1 Å². The van der Waals surface area contributed by atoms with E-state index in [1.54, 1.807) is 23.9 Å². The number of amides is 7. The maximum Gasteiger partial charge on any atom is 0.262 e. The summed E-state index contributed by atoms with van der Waals surface area (Å²) in [5.41, 5.74) is 2.11. The molecule has 0 radical (unpaired) electrons. The molecular weight excluding hydrogens is 879 g/mol. The van der Waals surface area contributed by atoms with Crippen molar-refractivity contribution in [1.29, 1.82) is 0 Å². The van der Waals surface area contributed by atoms with E-state index in [4.69, 9.17) is 4.74 Å². The maximum absolute atomic E-state index is 13.6. The summed E-state index contributed by atoms with van der Waals surface area (Å²) in [5, 5.41) is 11.5. The van der Waals surface area contributed by atoms with Crippen molar-refractivity contribution in [2.45, 2.75) is 62.1 Å². The minimum atomic E-state index is -3.43. The number of hydrogen-bond acceptors (Lipinski definition) is 14. The lowest BCUT2D eigenvalue weighted by Crippen LogP contribution is -2.56. The van der Waals surface area contributed by atoms with Gasteiger partial charge in [-0.15, -0.1) is 11.8 Å².